The zero-order chi connectivity index (χ0) is 10.1. The van der Waals surface area contributed by atoms with Crippen LogP contribution in [-0.4, -0.2) is 10.5 Å². The number of aromatic nitrogens is 1. The number of pyridine rings is 1. The standard InChI is InChI=1S/C10H15BrN2/c1-7-5-8(11)6-12-9(7)13-10(2,3)4/h5-6H,1-4H3,(H,12,13). The number of rotatable bonds is 1. The molecular formula is C10H15BrN2. The monoisotopic (exact) mass is 242 g/mol. The van der Waals surface area contributed by atoms with Crippen molar-refractivity contribution in [2.24, 2.45) is 0 Å². The highest BCUT2D eigenvalue weighted by molar-refractivity contribution is 9.10. The predicted octanol–water partition coefficient (Wildman–Crippen LogP) is 3.36. The first-order valence-corrected chi connectivity index (χ1v) is 5.08. The lowest BCUT2D eigenvalue weighted by molar-refractivity contribution is 0.629. The number of nitrogens with zero attached hydrogens (tertiary/aromatic N) is 1. The first-order valence-electron chi connectivity index (χ1n) is 4.29. The molecule has 1 rings (SSSR count). The van der Waals surface area contributed by atoms with Crippen LogP contribution < -0.4 is 5.32 Å². The van der Waals surface area contributed by atoms with E-state index in [4.69, 9.17) is 0 Å². The number of aryl methyl sites for hydroxylation is 1. The normalized spacial score (nSPS) is 11.5. The Labute approximate surface area is 87.9 Å². The van der Waals surface area contributed by atoms with Gasteiger partial charge in [-0.15, -0.1) is 0 Å². The molecule has 0 aliphatic heterocycles. The van der Waals surface area contributed by atoms with Gasteiger partial charge in [0.1, 0.15) is 5.82 Å². The van der Waals surface area contributed by atoms with E-state index < -0.39 is 0 Å². The lowest BCUT2D eigenvalue weighted by atomic mass is 10.1. The van der Waals surface area contributed by atoms with Gasteiger partial charge in [0, 0.05) is 16.2 Å². The number of hydrogen-bond acceptors (Lipinski definition) is 2. The van der Waals surface area contributed by atoms with Gasteiger partial charge in [0.15, 0.2) is 0 Å². The minimum absolute atomic E-state index is 0.0611. The van der Waals surface area contributed by atoms with E-state index >= 15 is 0 Å². The maximum absolute atomic E-state index is 4.31. The molecule has 0 amide bonds. The second kappa shape index (κ2) is 3.66. The molecule has 0 saturated heterocycles. The summed E-state index contributed by atoms with van der Waals surface area (Å²) in [4.78, 5) is 4.31. The van der Waals surface area contributed by atoms with Crippen LogP contribution in [-0.2, 0) is 0 Å². The van der Waals surface area contributed by atoms with Crippen molar-refractivity contribution in [2.75, 3.05) is 5.32 Å². The molecule has 2 nitrogen and oxygen atoms in total. The Balaban J connectivity index is 2.90. The Kier molecular flexibility index (Phi) is 2.96. The van der Waals surface area contributed by atoms with Gasteiger partial charge in [0.25, 0.3) is 0 Å². The summed E-state index contributed by atoms with van der Waals surface area (Å²) in [6, 6.07) is 2.06. The van der Waals surface area contributed by atoms with Crippen LogP contribution in [0.4, 0.5) is 5.82 Å². The fourth-order valence-corrected chi connectivity index (χ4v) is 1.47. The van der Waals surface area contributed by atoms with Crippen LogP contribution in [0.1, 0.15) is 26.3 Å². The predicted molar refractivity (Wildman–Crippen MR) is 60.0 cm³/mol. The third-order valence-corrected chi connectivity index (χ3v) is 1.97. The van der Waals surface area contributed by atoms with Crippen LogP contribution in [0.15, 0.2) is 16.7 Å². The smallest absolute Gasteiger partial charge is 0.129 e. The van der Waals surface area contributed by atoms with Crippen molar-refractivity contribution < 1.29 is 0 Å². The molecule has 1 N–H and O–H groups in total. The van der Waals surface area contributed by atoms with Crippen molar-refractivity contribution in [3.8, 4) is 0 Å². The van der Waals surface area contributed by atoms with Crippen molar-refractivity contribution in [1.29, 1.82) is 0 Å². The van der Waals surface area contributed by atoms with E-state index in [1.165, 1.54) is 0 Å². The van der Waals surface area contributed by atoms with Crippen molar-refractivity contribution >= 4 is 21.7 Å². The van der Waals surface area contributed by atoms with E-state index in [0.29, 0.717) is 0 Å². The van der Waals surface area contributed by atoms with Crippen molar-refractivity contribution in [2.45, 2.75) is 33.2 Å². The summed E-state index contributed by atoms with van der Waals surface area (Å²) >= 11 is 3.39. The molecule has 72 valence electrons. The zero-order valence-corrected chi connectivity index (χ0v) is 10.1. The molecule has 1 heterocycles. The van der Waals surface area contributed by atoms with E-state index in [2.05, 4.69) is 53.1 Å². The molecule has 0 unspecified atom stereocenters. The van der Waals surface area contributed by atoms with Gasteiger partial charge in [-0.25, -0.2) is 4.98 Å². The Morgan fingerprint density at radius 2 is 2.00 bits per heavy atom. The van der Waals surface area contributed by atoms with Gasteiger partial charge in [0.2, 0.25) is 0 Å². The van der Waals surface area contributed by atoms with Crippen LogP contribution in [0.2, 0.25) is 0 Å². The van der Waals surface area contributed by atoms with E-state index in [1.54, 1.807) is 6.20 Å². The summed E-state index contributed by atoms with van der Waals surface area (Å²) in [7, 11) is 0. The molecule has 0 fully saturated rings. The van der Waals surface area contributed by atoms with Gasteiger partial charge in [-0.05, 0) is 55.3 Å². The van der Waals surface area contributed by atoms with Crippen LogP contribution in [0, 0.1) is 6.92 Å². The van der Waals surface area contributed by atoms with Crippen LogP contribution in [0.5, 0.6) is 0 Å². The Morgan fingerprint density at radius 3 is 2.46 bits per heavy atom. The van der Waals surface area contributed by atoms with Crippen LogP contribution in [0.25, 0.3) is 0 Å². The maximum atomic E-state index is 4.31. The largest absolute Gasteiger partial charge is 0.365 e. The van der Waals surface area contributed by atoms with E-state index in [0.717, 1.165) is 15.9 Å². The van der Waals surface area contributed by atoms with Crippen molar-refractivity contribution in [1.82, 2.24) is 4.98 Å². The highest BCUT2D eigenvalue weighted by atomic mass is 79.9. The molecule has 3 heteroatoms. The SMILES string of the molecule is Cc1cc(Br)cnc1NC(C)(C)C. The van der Waals surface area contributed by atoms with E-state index in [9.17, 15) is 0 Å². The highest BCUT2D eigenvalue weighted by Crippen LogP contribution is 2.19. The average Bonchev–Trinajstić information content (AvgIpc) is 1.93. The molecule has 1 aromatic heterocycles. The molecule has 0 aromatic carbocycles. The summed E-state index contributed by atoms with van der Waals surface area (Å²) in [5.74, 6) is 0.954. The van der Waals surface area contributed by atoms with E-state index in [1.807, 2.05) is 6.92 Å². The highest BCUT2D eigenvalue weighted by Gasteiger charge is 2.11. The van der Waals surface area contributed by atoms with Gasteiger partial charge < -0.3 is 5.32 Å². The summed E-state index contributed by atoms with van der Waals surface area (Å²) in [6.07, 6.45) is 1.81. The maximum Gasteiger partial charge on any atom is 0.129 e. The molecule has 0 saturated carbocycles. The molecule has 13 heavy (non-hydrogen) atoms. The second-order valence-corrected chi connectivity index (χ2v) is 5.11. The lowest BCUT2D eigenvalue weighted by Gasteiger charge is -2.22. The Bertz CT molecular complexity index is 302. The molecule has 0 radical (unpaired) electrons. The van der Waals surface area contributed by atoms with Crippen LogP contribution in [0.3, 0.4) is 0 Å². The summed E-state index contributed by atoms with van der Waals surface area (Å²) in [5, 5.41) is 3.34. The lowest BCUT2D eigenvalue weighted by Crippen LogP contribution is -2.27. The van der Waals surface area contributed by atoms with E-state index in [-0.39, 0.29) is 5.54 Å². The van der Waals surface area contributed by atoms with Gasteiger partial charge in [-0.1, -0.05) is 0 Å². The topological polar surface area (TPSA) is 24.9 Å². The van der Waals surface area contributed by atoms with Crippen molar-refractivity contribution in [3.63, 3.8) is 0 Å². The zero-order valence-electron chi connectivity index (χ0n) is 8.48. The van der Waals surface area contributed by atoms with Gasteiger partial charge in [-0.2, -0.15) is 0 Å². The molecule has 0 aliphatic carbocycles. The molecule has 0 atom stereocenters. The number of anilines is 1. The molecule has 0 spiro atoms. The quantitative estimate of drug-likeness (QED) is 0.817. The fourth-order valence-electron chi connectivity index (χ4n) is 1.03. The molecule has 1 aromatic rings. The number of hydrogen-bond donors (Lipinski definition) is 1. The summed E-state index contributed by atoms with van der Waals surface area (Å²) in [5.41, 5.74) is 1.22. The molecule has 0 bridgehead atoms. The Hall–Kier alpha value is -0.570. The molecular weight excluding hydrogens is 228 g/mol. The number of halogens is 1. The first kappa shape index (κ1) is 10.5. The van der Waals surface area contributed by atoms with Gasteiger partial charge in [0.05, 0.1) is 0 Å². The third kappa shape index (κ3) is 3.35. The summed E-state index contributed by atoms with van der Waals surface area (Å²) < 4.78 is 1.02. The molecule has 0 aliphatic rings. The second-order valence-electron chi connectivity index (χ2n) is 4.19. The summed E-state index contributed by atoms with van der Waals surface area (Å²) in [6.45, 7) is 8.41. The number of nitrogens with one attached hydrogen (secondary N) is 1. The average molecular weight is 243 g/mol. The Morgan fingerprint density at radius 1 is 1.38 bits per heavy atom. The van der Waals surface area contributed by atoms with Gasteiger partial charge >= 0.3 is 0 Å². The van der Waals surface area contributed by atoms with Crippen LogP contribution >= 0.6 is 15.9 Å². The van der Waals surface area contributed by atoms with Gasteiger partial charge in [-0.3, -0.25) is 0 Å². The van der Waals surface area contributed by atoms with Crippen molar-refractivity contribution in [3.05, 3.63) is 22.3 Å². The third-order valence-electron chi connectivity index (χ3n) is 1.54. The minimum Gasteiger partial charge on any atom is -0.365 e. The minimum atomic E-state index is 0.0611. The fraction of sp³-hybridized carbons (Fsp3) is 0.500. The first-order chi connectivity index (χ1) is 5.88.